The van der Waals surface area contributed by atoms with Gasteiger partial charge in [0.05, 0.1) is 26.4 Å². The van der Waals surface area contributed by atoms with Crippen molar-refractivity contribution >= 4 is 17.6 Å². The molecule has 0 amide bonds. The number of rotatable bonds is 7. The van der Waals surface area contributed by atoms with Gasteiger partial charge in [0.15, 0.2) is 11.5 Å². The van der Waals surface area contributed by atoms with Crippen LogP contribution in [0.25, 0.3) is 11.6 Å². The van der Waals surface area contributed by atoms with E-state index in [9.17, 15) is 9.90 Å². The van der Waals surface area contributed by atoms with Crippen LogP contribution in [0, 0.1) is 0 Å². The average molecular weight is 328 g/mol. The molecule has 0 radical (unpaired) electrons. The van der Waals surface area contributed by atoms with Crippen LogP contribution in [0.15, 0.2) is 42.5 Å². The molecule has 24 heavy (non-hydrogen) atoms. The van der Waals surface area contributed by atoms with Gasteiger partial charge in [-0.25, -0.2) is 4.79 Å². The van der Waals surface area contributed by atoms with Crippen molar-refractivity contribution in [3.8, 4) is 17.2 Å². The molecule has 0 aliphatic heterocycles. The van der Waals surface area contributed by atoms with Crippen molar-refractivity contribution in [2.45, 2.75) is 6.92 Å². The molecule has 2 rings (SSSR count). The average Bonchev–Trinajstić information content (AvgIpc) is 2.60. The second-order valence-electron chi connectivity index (χ2n) is 4.94. The number of benzene rings is 2. The third-order valence-electron chi connectivity index (χ3n) is 3.41. The molecule has 0 aliphatic carbocycles. The minimum atomic E-state index is -1.02. The first-order valence-electron chi connectivity index (χ1n) is 7.49. The van der Waals surface area contributed by atoms with E-state index >= 15 is 0 Å². The summed E-state index contributed by atoms with van der Waals surface area (Å²) in [6.45, 7) is 2.41. The Kier molecular flexibility index (Phi) is 5.84. The minimum Gasteiger partial charge on any atom is -0.497 e. The van der Waals surface area contributed by atoms with Gasteiger partial charge in [0.25, 0.3) is 0 Å². The predicted molar refractivity (Wildman–Crippen MR) is 92.7 cm³/mol. The fraction of sp³-hybridized carbons (Fsp3) is 0.211. The summed E-state index contributed by atoms with van der Waals surface area (Å²) in [6.07, 6.45) is 1.59. The molecule has 0 aliphatic rings. The molecule has 2 aromatic rings. The van der Waals surface area contributed by atoms with Crippen LogP contribution >= 0.6 is 0 Å². The molecule has 5 heteroatoms. The maximum Gasteiger partial charge on any atom is 0.336 e. The standard InChI is InChI=1S/C19H20O5/c1-4-24-17-9-8-13(11-18(17)23-3)10-16(19(20)21)14-6-5-7-15(12-14)22-2/h5-12H,4H2,1-3H3,(H,20,21)/b16-10-. The fourth-order valence-corrected chi connectivity index (χ4v) is 2.27. The van der Waals surface area contributed by atoms with E-state index in [-0.39, 0.29) is 5.57 Å². The first kappa shape index (κ1) is 17.4. The SMILES string of the molecule is CCOc1ccc(/C=C(\C(=O)O)c2cccc(OC)c2)cc1OC. The van der Waals surface area contributed by atoms with E-state index in [1.54, 1.807) is 62.8 Å². The summed E-state index contributed by atoms with van der Waals surface area (Å²) in [6, 6.07) is 12.2. The largest absolute Gasteiger partial charge is 0.497 e. The van der Waals surface area contributed by atoms with E-state index in [1.807, 2.05) is 6.92 Å². The van der Waals surface area contributed by atoms with Crippen LogP contribution in [-0.4, -0.2) is 31.9 Å². The summed E-state index contributed by atoms with van der Waals surface area (Å²) in [4.78, 5) is 11.7. The molecule has 0 aromatic heterocycles. The zero-order chi connectivity index (χ0) is 17.5. The van der Waals surface area contributed by atoms with Gasteiger partial charge in [0.2, 0.25) is 0 Å². The van der Waals surface area contributed by atoms with Gasteiger partial charge in [-0.15, -0.1) is 0 Å². The lowest BCUT2D eigenvalue weighted by Crippen LogP contribution is -2.00. The van der Waals surface area contributed by atoms with Crippen molar-refractivity contribution in [2.75, 3.05) is 20.8 Å². The highest BCUT2D eigenvalue weighted by molar-refractivity contribution is 6.20. The van der Waals surface area contributed by atoms with Crippen molar-refractivity contribution in [1.82, 2.24) is 0 Å². The van der Waals surface area contributed by atoms with E-state index in [1.165, 1.54) is 0 Å². The summed E-state index contributed by atoms with van der Waals surface area (Å²) in [5.74, 6) is 0.761. The molecule has 0 unspecified atom stereocenters. The van der Waals surface area contributed by atoms with E-state index in [2.05, 4.69) is 0 Å². The summed E-state index contributed by atoms with van der Waals surface area (Å²) >= 11 is 0. The van der Waals surface area contributed by atoms with Gasteiger partial charge in [-0.3, -0.25) is 0 Å². The summed E-state index contributed by atoms with van der Waals surface area (Å²) in [5, 5.41) is 9.55. The Morgan fingerprint density at radius 2 is 1.88 bits per heavy atom. The Hall–Kier alpha value is -2.95. The van der Waals surface area contributed by atoms with Crippen LogP contribution in [0.5, 0.6) is 17.2 Å². The lowest BCUT2D eigenvalue weighted by molar-refractivity contribution is -0.130. The third kappa shape index (κ3) is 4.07. The zero-order valence-electron chi connectivity index (χ0n) is 13.9. The second-order valence-corrected chi connectivity index (χ2v) is 4.94. The molecule has 0 spiro atoms. The summed E-state index contributed by atoms with van der Waals surface area (Å²) in [5.41, 5.74) is 1.44. The van der Waals surface area contributed by atoms with Gasteiger partial charge in [0.1, 0.15) is 5.75 Å². The number of carboxylic acids is 1. The van der Waals surface area contributed by atoms with Gasteiger partial charge >= 0.3 is 5.97 Å². The summed E-state index contributed by atoms with van der Waals surface area (Å²) in [7, 11) is 3.09. The van der Waals surface area contributed by atoms with Gasteiger partial charge in [-0.2, -0.15) is 0 Å². The van der Waals surface area contributed by atoms with Crippen LogP contribution in [-0.2, 0) is 4.79 Å². The van der Waals surface area contributed by atoms with Crippen molar-refractivity contribution in [2.24, 2.45) is 0 Å². The predicted octanol–water partition coefficient (Wildman–Crippen LogP) is 3.73. The first-order valence-corrected chi connectivity index (χ1v) is 7.49. The molecule has 0 bridgehead atoms. The third-order valence-corrected chi connectivity index (χ3v) is 3.41. The van der Waals surface area contributed by atoms with Crippen molar-refractivity contribution in [3.63, 3.8) is 0 Å². The molecule has 0 fully saturated rings. The number of aliphatic carboxylic acids is 1. The number of ether oxygens (including phenoxy) is 3. The van der Waals surface area contributed by atoms with Crippen LogP contribution in [0.4, 0.5) is 0 Å². The Balaban J connectivity index is 2.46. The Bertz CT molecular complexity index is 749. The maximum absolute atomic E-state index is 11.7. The smallest absolute Gasteiger partial charge is 0.336 e. The number of carbonyl (C=O) groups is 1. The van der Waals surface area contributed by atoms with Crippen LogP contribution in [0.3, 0.4) is 0 Å². The number of hydrogen-bond acceptors (Lipinski definition) is 4. The van der Waals surface area contributed by atoms with E-state index in [4.69, 9.17) is 14.2 Å². The van der Waals surface area contributed by atoms with Crippen LogP contribution in [0.2, 0.25) is 0 Å². The molecule has 2 aromatic carbocycles. The lowest BCUT2D eigenvalue weighted by Gasteiger charge is -2.10. The monoisotopic (exact) mass is 328 g/mol. The number of hydrogen-bond donors (Lipinski definition) is 1. The van der Waals surface area contributed by atoms with E-state index in [0.29, 0.717) is 35.0 Å². The Labute approximate surface area is 141 Å². The highest BCUT2D eigenvalue weighted by atomic mass is 16.5. The number of carboxylic acid groups (broad SMARTS) is 1. The van der Waals surface area contributed by atoms with Crippen molar-refractivity contribution in [1.29, 1.82) is 0 Å². The van der Waals surface area contributed by atoms with Gasteiger partial charge in [0, 0.05) is 0 Å². The molecular weight excluding hydrogens is 308 g/mol. The molecule has 0 atom stereocenters. The van der Waals surface area contributed by atoms with E-state index < -0.39 is 5.97 Å². The van der Waals surface area contributed by atoms with E-state index in [0.717, 1.165) is 0 Å². The van der Waals surface area contributed by atoms with Crippen molar-refractivity contribution < 1.29 is 24.1 Å². The minimum absolute atomic E-state index is 0.167. The van der Waals surface area contributed by atoms with Crippen LogP contribution < -0.4 is 14.2 Å². The highest BCUT2D eigenvalue weighted by Gasteiger charge is 2.12. The fourth-order valence-electron chi connectivity index (χ4n) is 2.27. The molecule has 5 nitrogen and oxygen atoms in total. The Morgan fingerprint density at radius 1 is 1.08 bits per heavy atom. The molecule has 0 heterocycles. The summed E-state index contributed by atoms with van der Waals surface area (Å²) < 4.78 is 15.9. The molecule has 1 N–H and O–H groups in total. The Morgan fingerprint density at radius 3 is 2.50 bits per heavy atom. The van der Waals surface area contributed by atoms with Gasteiger partial charge < -0.3 is 19.3 Å². The van der Waals surface area contributed by atoms with Gasteiger partial charge in [-0.05, 0) is 48.4 Å². The van der Waals surface area contributed by atoms with Crippen LogP contribution in [0.1, 0.15) is 18.1 Å². The molecule has 126 valence electrons. The van der Waals surface area contributed by atoms with Gasteiger partial charge in [-0.1, -0.05) is 18.2 Å². The zero-order valence-corrected chi connectivity index (χ0v) is 13.9. The topological polar surface area (TPSA) is 65.0 Å². The highest BCUT2D eigenvalue weighted by Crippen LogP contribution is 2.30. The normalized spacial score (nSPS) is 11.0. The molecule has 0 saturated carbocycles. The second kappa shape index (κ2) is 8.06. The maximum atomic E-state index is 11.7. The number of methoxy groups -OCH3 is 2. The molecular formula is C19H20O5. The van der Waals surface area contributed by atoms with Crippen molar-refractivity contribution in [3.05, 3.63) is 53.6 Å². The molecule has 0 saturated heterocycles. The first-order chi connectivity index (χ1) is 11.6. The lowest BCUT2D eigenvalue weighted by atomic mass is 10.0. The quantitative estimate of drug-likeness (QED) is 0.620.